The van der Waals surface area contributed by atoms with E-state index in [1.54, 1.807) is 0 Å². The van der Waals surface area contributed by atoms with Crippen LogP contribution in [0.3, 0.4) is 0 Å². The predicted octanol–water partition coefficient (Wildman–Crippen LogP) is 3.95. The molecule has 4 nitrogen and oxygen atoms in total. The molecule has 0 spiro atoms. The zero-order chi connectivity index (χ0) is 18.2. The van der Waals surface area contributed by atoms with Crippen molar-refractivity contribution in [3.8, 4) is 5.75 Å². The molecule has 0 bridgehead atoms. The molecule has 0 fully saturated rings. The number of nitrogens with zero attached hydrogens (tertiary/aromatic N) is 2. The van der Waals surface area contributed by atoms with Crippen molar-refractivity contribution in [2.45, 2.75) is 39.0 Å². The lowest BCUT2D eigenvalue weighted by Gasteiger charge is -2.27. The lowest BCUT2D eigenvalue weighted by atomic mass is 10.0. The summed E-state index contributed by atoms with van der Waals surface area (Å²) in [6.07, 6.45) is 0. The van der Waals surface area contributed by atoms with Gasteiger partial charge in [0.1, 0.15) is 11.4 Å². The molecule has 4 heteroatoms. The molecule has 0 saturated carbocycles. The van der Waals surface area contributed by atoms with Crippen molar-refractivity contribution < 1.29 is 4.74 Å². The normalized spacial score (nSPS) is 16.7. The van der Waals surface area contributed by atoms with Crippen LogP contribution in [-0.2, 0) is 6.54 Å². The number of ether oxygens (including phenoxy) is 1. The van der Waals surface area contributed by atoms with Crippen LogP contribution in [0.5, 0.6) is 5.75 Å². The maximum atomic E-state index is 6.14. The van der Waals surface area contributed by atoms with Crippen LogP contribution in [0.2, 0.25) is 0 Å². The smallest absolute Gasteiger partial charge is 0.120 e. The van der Waals surface area contributed by atoms with Gasteiger partial charge in [0, 0.05) is 44.1 Å². The molecule has 1 atom stereocenters. The van der Waals surface area contributed by atoms with Crippen molar-refractivity contribution >= 4 is 11.4 Å². The first-order chi connectivity index (χ1) is 11.8. The fourth-order valence-corrected chi connectivity index (χ4v) is 3.53. The summed E-state index contributed by atoms with van der Waals surface area (Å²) in [5.41, 5.74) is 11.1. The van der Waals surface area contributed by atoms with Crippen LogP contribution in [-0.4, -0.2) is 26.2 Å². The zero-order valence-corrected chi connectivity index (χ0v) is 15.9. The molecule has 25 heavy (non-hydrogen) atoms. The molecule has 1 unspecified atom stereocenters. The maximum absolute atomic E-state index is 6.14. The van der Waals surface area contributed by atoms with Gasteiger partial charge in [-0.3, -0.25) is 0 Å². The van der Waals surface area contributed by atoms with Crippen LogP contribution in [0.1, 0.15) is 37.9 Å². The summed E-state index contributed by atoms with van der Waals surface area (Å²) in [5, 5.41) is 0. The van der Waals surface area contributed by atoms with Gasteiger partial charge in [0.2, 0.25) is 0 Å². The first-order valence-electron chi connectivity index (χ1n) is 8.85. The Balaban J connectivity index is 1.89. The van der Waals surface area contributed by atoms with Crippen molar-refractivity contribution in [1.29, 1.82) is 0 Å². The van der Waals surface area contributed by atoms with Crippen LogP contribution in [0.4, 0.5) is 11.4 Å². The third-order valence-corrected chi connectivity index (χ3v) is 4.55. The molecular weight excluding hydrogens is 310 g/mol. The molecule has 0 aromatic heterocycles. The van der Waals surface area contributed by atoms with E-state index in [-0.39, 0.29) is 11.6 Å². The Hall–Kier alpha value is -2.20. The number of hydrogen-bond donors (Lipinski definition) is 1. The molecule has 2 aromatic rings. The van der Waals surface area contributed by atoms with Crippen molar-refractivity contribution in [2.75, 3.05) is 30.4 Å². The average molecular weight is 339 g/mol. The van der Waals surface area contributed by atoms with Gasteiger partial charge in [0.05, 0.1) is 6.04 Å². The number of rotatable bonds is 4. The van der Waals surface area contributed by atoms with Crippen molar-refractivity contribution in [3.63, 3.8) is 0 Å². The van der Waals surface area contributed by atoms with E-state index in [0.29, 0.717) is 6.54 Å². The maximum Gasteiger partial charge on any atom is 0.120 e. The molecule has 1 aliphatic heterocycles. The molecule has 1 aliphatic rings. The number of nitrogens with two attached hydrogens (primary N) is 1. The number of benzene rings is 2. The molecule has 134 valence electrons. The van der Waals surface area contributed by atoms with E-state index in [0.717, 1.165) is 12.3 Å². The van der Waals surface area contributed by atoms with Gasteiger partial charge >= 0.3 is 0 Å². The van der Waals surface area contributed by atoms with Gasteiger partial charge in [-0.15, -0.1) is 0 Å². The molecule has 2 N–H and O–H groups in total. The molecule has 3 rings (SSSR count). The zero-order valence-electron chi connectivity index (χ0n) is 15.9. The van der Waals surface area contributed by atoms with E-state index < -0.39 is 0 Å². The second-order valence-corrected chi connectivity index (χ2v) is 7.83. The first kappa shape index (κ1) is 17.6. The van der Waals surface area contributed by atoms with E-state index in [2.05, 4.69) is 75.0 Å². The predicted molar refractivity (Wildman–Crippen MR) is 106 cm³/mol. The average Bonchev–Trinajstić information content (AvgIpc) is 2.92. The van der Waals surface area contributed by atoms with Crippen LogP contribution >= 0.6 is 0 Å². The Bertz CT molecular complexity index is 732. The Kier molecular flexibility index (Phi) is 4.65. The third kappa shape index (κ3) is 3.59. The van der Waals surface area contributed by atoms with Crippen LogP contribution < -0.4 is 20.3 Å². The Morgan fingerprint density at radius 3 is 2.36 bits per heavy atom. The molecule has 0 aliphatic carbocycles. The first-order valence-corrected chi connectivity index (χ1v) is 8.85. The summed E-state index contributed by atoms with van der Waals surface area (Å²) >= 11 is 0. The van der Waals surface area contributed by atoms with Crippen molar-refractivity contribution in [3.05, 3.63) is 53.6 Å². The van der Waals surface area contributed by atoms with Gasteiger partial charge in [0.15, 0.2) is 0 Å². The van der Waals surface area contributed by atoms with Crippen molar-refractivity contribution in [2.24, 2.45) is 5.73 Å². The van der Waals surface area contributed by atoms with Crippen LogP contribution in [0.25, 0.3) is 0 Å². The fourth-order valence-electron chi connectivity index (χ4n) is 3.53. The van der Waals surface area contributed by atoms with Gasteiger partial charge < -0.3 is 20.3 Å². The van der Waals surface area contributed by atoms with Gasteiger partial charge in [0.25, 0.3) is 0 Å². The largest absolute Gasteiger partial charge is 0.488 e. The highest BCUT2D eigenvalue weighted by Crippen LogP contribution is 2.41. The fraction of sp³-hybridized carbons (Fsp3) is 0.429. The minimum atomic E-state index is -0.189. The molecule has 0 radical (unpaired) electrons. The van der Waals surface area contributed by atoms with Gasteiger partial charge in [-0.05, 0) is 56.7 Å². The van der Waals surface area contributed by atoms with Gasteiger partial charge in [-0.2, -0.15) is 0 Å². The Morgan fingerprint density at radius 2 is 1.80 bits per heavy atom. The molecular formula is C21H29N3O. The SMILES string of the molecule is CN(C)c1cccc2c1CN(c1ccc(OC(C)(C)C)cc1)C2CN. The summed E-state index contributed by atoms with van der Waals surface area (Å²) in [6.45, 7) is 7.66. The Morgan fingerprint density at radius 1 is 1.12 bits per heavy atom. The lowest BCUT2D eigenvalue weighted by molar-refractivity contribution is 0.131. The minimum Gasteiger partial charge on any atom is -0.488 e. The van der Waals surface area contributed by atoms with Crippen LogP contribution in [0.15, 0.2) is 42.5 Å². The quantitative estimate of drug-likeness (QED) is 0.916. The molecule has 2 aromatic carbocycles. The highest BCUT2D eigenvalue weighted by Gasteiger charge is 2.31. The number of anilines is 2. The van der Waals surface area contributed by atoms with Crippen LogP contribution in [0, 0.1) is 0 Å². The molecule has 0 amide bonds. The highest BCUT2D eigenvalue weighted by molar-refractivity contribution is 5.64. The van der Waals surface area contributed by atoms with Gasteiger partial charge in [-0.25, -0.2) is 0 Å². The van der Waals surface area contributed by atoms with E-state index in [9.17, 15) is 0 Å². The summed E-state index contributed by atoms with van der Waals surface area (Å²) in [5.74, 6) is 0.895. The minimum absolute atomic E-state index is 0.189. The van der Waals surface area contributed by atoms with Crippen molar-refractivity contribution in [1.82, 2.24) is 0 Å². The van der Waals surface area contributed by atoms with E-state index >= 15 is 0 Å². The van der Waals surface area contributed by atoms with E-state index in [1.165, 1.54) is 22.5 Å². The summed E-state index contributed by atoms with van der Waals surface area (Å²) in [4.78, 5) is 4.56. The lowest BCUT2D eigenvalue weighted by Crippen LogP contribution is -2.27. The number of hydrogen-bond acceptors (Lipinski definition) is 4. The Labute approximate surface area is 151 Å². The second-order valence-electron chi connectivity index (χ2n) is 7.83. The number of fused-ring (bicyclic) bond motifs is 1. The highest BCUT2D eigenvalue weighted by atomic mass is 16.5. The molecule has 0 saturated heterocycles. The summed E-state index contributed by atoms with van der Waals surface area (Å²) in [7, 11) is 4.18. The summed E-state index contributed by atoms with van der Waals surface area (Å²) < 4.78 is 5.94. The van der Waals surface area contributed by atoms with Gasteiger partial charge in [-0.1, -0.05) is 12.1 Å². The molecule has 1 heterocycles. The monoisotopic (exact) mass is 339 g/mol. The van der Waals surface area contributed by atoms with E-state index in [4.69, 9.17) is 10.5 Å². The second kappa shape index (κ2) is 6.60. The topological polar surface area (TPSA) is 41.7 Å². The third-order valence-electron chi connectivity index (χ3n) is 4.55. The standard InChI is InChI=1S/C21H29N3O/c1-21(2,3)25-16-11-9-15(10-12-16)24-14-18-17(20(24)13-22)7-6-8-19(18)23(4)5/h6-12,20H,13-14,22H2,1-5H3. The van der Waals surface area contributed by atoms with E-state index in [1.807, 2.05) is 12.1 Å². The summed E-state index contributed by atoms with van der Waals surface area (Å²) in [6, 6.07) is 15.1.